The highest BCUT2D eigenvalue weighted by atomic mass is 32.1. The molecule has 2 fully saturated rings. The van der Waals surface area contributed by atoms with Gasteiger partial charge in [-0.05, 0) is 74.9 Å². The zero-order valence-corrected chi connectivity index (χ0v) is 21.4. The summed E-state index contributed by atoms with van der Waals surface area (Å²) in [5, 5.41) is 11.5. The molecule has 5 rings (SSSR count). The highest BCUT2D eigenvalue weighted by molar-refractivity contribution is 7.22. The Bertz CT molecular complexity index is 1410. The molecule has 7 nitrogen and oxygen atoms in total. The van der Waals surface area contributed by atoms with Gasteiger partial charge in [-0.25, -0.2) is 4.39 Å². The van der Waals surface area contributed by atoms with Gasteiger partial charge >= 0.3 is 6.18 Å². The summed E-state index contributed by atoms with van der Waals surface area (Å²) < 4.78 is 52.9. The fourth-order valence-corrected chi connectivity index (χ4v) is 6.70. The molecule has 3 heterocycles. The van der Waals surface area contributed by atoms with E-state index in [9.17, 15) is 32.5 Å². The van der Waals surface area contributed by atoms with Gasteiger partial charge in [0.05, 0.1) is 15.9 Å². The Labute approximate surface area is 219 Å². The van der Waals surface area contributed by atoms with E-state index >= 15 is 0 Å². The molecule has 2 aliphatic rings. The van der Waals surface area contributed by atoms with Crippen LogP contribution in [0.4, 0.5) is 28.4 Å². The lowest BCUT2D eigenvalue weighted by atomic mass is 9.71. The summed E-state index contributed by atoms with van der Waals surface area (Å²) in [6, 6.07) is 7.90. The number of nitro benzene ring substituents is 1. The number of anilines is 1. The van der Waals surface area contributed by atoms with Crippen molar-refractivity contribution in [1.82, 2.24) is 9.88 Å². The van der Waals surface area contributed by atoms with Gasteiger partial charge < -0.3 is 4.90 Å². The first-order valence-electron chi connectivity index (χ1n) is 12.4. The third-order valence-electron chi connectivity index (χ3n) is 8.07. The van der Waals surface area contributed by atoms with E-state index in [0.29, 0.717) is 30.4 Å². The van der Waals surface area contributed by atoms with Crippen molar-refractivity contribution >= 4 is 32.2 Å². The van der Waals surface area contributed by atoms with Crippen LogP contribution in [0.15, 0.2) is 41.2 Å². The summed E-state index contributed by atoms with van der Waals surface area (Å²) in [4.78, 5) is 31.7. The highest BCUT2D eigenvalue weighted by Crippen LogP contribution is 2.45. The van der Waals surface area contributed by atoms with Crippen molar-refractivity contribution < 1.29 is 22.5 Å². The maximum absolute atomic E-state index is 13.3. The number of likely N-dealkylation sites (tertiary alicyclic amines) is 1. The first-order chi connectivity index (χ1) is 18.0. The number of halogens is 4. The third kappa shape index (κ3) is 5.11. The number of piperidine rings is 2. The van der Waals surface area contributed by atoms with Crippen LogP contribution >= 0.6 is 11.3 Å². The molecule has 12 heteroatoms. The number of nitro groups is 1. The minimum atomic E-state index is -4.82. The molecule has 1 spiro atoms. The van der Waals surface area contributed by atoms with Crippen molar-refractivity contribution in [1.29, 1.82) is 0 Å². The molecular weight excluding hydrogens is 524 g/mol. The molecule has 3 aromatic rings. The lowest BCUT2D eigenvalue weighted by Crippen LogP contribution is -2.47. The predicted octanol–water partition coefficient (Wildman–Crippen LogP) is 6.17. The van der Waals surface area contributed by atoms with Crippen LogP contribution in [0.5, 0.6) is 0 Å². The number of fused-ring (bicyclic) bond motifs is 1. The third-order valence-corrected chi connectivity index (χ3v) is 9.23. The minimum absolute atomic E-state index is 0.0959. The van der Waals surface area contributed by atoms with E-state index in [4.69, 9.17) is 0 Å². The van der Waals surface area contributed by atoms with Gasteiger partial charge in [-0.1, -0.05) is 23.5 Å². The molecule has 1 aromatic heterocycles. The van der Waals surface area contributed by atoms with Gasteiger partial charge in [0.2, 0.25) is 0 Å². The van der Waals surface area contributed by atoms with Gasteiger partial charge in [0.15, 0.2) is 5.13 Å². The summed E-state index contributed by atoms with van der Waals surface area (Å²) in [6.45, 7) is 5.16. The van der Waals surface area contributed by atoms with Crippen molar-refractivity contribution in [3.63, 3.8) is 0 Å². The lowest BCUT2D eigenvalue weighted by molar-refractivity contribution is -0.383. The number of nitrogens with zero attached hydrogens (tertiary/aromatic N) is 4. The Kier molecular flexibility index (Phi) is 6.89. The normalized spacial score (nSPS) is 19.1. The van der Waals surface area contributed by atoms with Crippen molar-refractivity contribution in [2.75, 3.05) is 31.1 Å². The quantitative estimate of drug-likeness (QED) is 0.220. The number of rotatable bonds is 4. The van der Waals surface area contributed by atoms with Crippen molar-refractivity contribution in [3.8, 4) is 0 Å². The Morgan fingerprint density at radius 1 is 1.05 bits per heavy atom. The molecule has 1 unspecified atom stereocenters. The van der Waals surface area contributed by atoms with E-state index in [1.807, 2.05) is 17.0 Å². The van der Waals surface area contributed by atoms with E-state index in [0.717, 1.165) is 55.7 Å². The molecule has 2 aromatic carbocycles. The monoisotopic (exact) mass is 550 g/mol. The van der Waals surface area contributed by atoms with E-state index in [1.165, 1.54) is 12.1 Å². The molecule has 2 aliphatic heterocycles. The van der Waals surface area contributed by atoms with Crippen LogP contribution in [0.2, 0.25) is 0 Å². The zero-order valence-electron chi connectivity index (χ0n) is 20.6. The Balaban J connectivity index is 1.30. The van der Waals surface area contributed by atoms with Crippen LogP contribution in [-0.4, -0.2) is 41.0 Å². The average molecular weight is 551 g/mol. The number of non-ortho nitro benzene ring substituents is 1. The maximum atomic E-state index is 13.3. The molecule has 1 atom stereocenters. The Morgan fingerprint density at radius 3 is 2.24 bits per heavy atom. The zero-order chi connectivity index (χ0) is 27.2. The standard InChI is InChI=1S/C26H26F4N4O3S/c1-16(17-2-4-19(27)5-3-17)32-10-6-25(7-11-32)8-12-33(13-9-25)24-31-23(35)20-14-18(26(28,29)30)15-21(34(36)37)22(20)38-24/h2-5,14-16H,6-13H2,1H3. The molecule has 0 saturated carbocycles. The van der Waals surface area contributed by atoms with Crippen LogP contribution in [-0.2, 0) is 6.18 Å². The molecule has 0 radical (unpaired) electrons. The van der Waals surface area contributed by atoms with Crippen molar-refractivity contribution in [2.24, 2.45) is 5.41 Å². The number of alkyl halides is 3. The van der Waals surface area contributed by atoms with Crippen LogP contribution in [0.1, 0.15) is 49.8 Å². The molecule has 2 saturated heterocycles. The fraction of sp³-hybridized carbons (Fsp3) is 0.462. The summed E-state index contributed by atoms with van der Waals surface area (Å²) in [5.41, 5.74) is -1.66. The van der Waals surface area contributed by atoms with E-state index in [1.54, 1.807) is 0 Å². The van der Waals surface area contributed by atoms with E-state index in [2.05, 4.69) is 16.8 Å². The van der Waals surface area contributed by atoms with Gasteiger partial charge in [0.1, 0.15) is 10.5 Å². The second kappa shape index (κ2) is 9.88. The number of hydrogen-bond donors (Lipinski definition) is 0. The van der Waals surface area contributed by atoms with Gasteiger partial charge in [0, 0.05) is 25.2 Å². The number of benzene rings is 2. The smallest absolute Gasteiger partial charge is 0.348 e. The van der Waals surface area contributed by atoms with Crippen LogP contribution in [0.3, 0.4) is 0 Å². The molecule has 0 bridgehead atoms. The average Bonchev–Trinajstić information content (AvgIpc) is 2.88. The molecule has 38 heavy (non-hydrogen) atoms. The Hall–Kier alpha value is -3.12. The summed E-state index contributed by atoms with van der Waals surface area (Å²) in [5.74, 6) is -0.253. The second-order valence-electron chi connectivity index (χ2n) is 10.2. The van der Waals surface area contributed by atoms with Gasteiger partial charge in [0.25, 0.3) is 11.2 Å². The highest BCUT2D eigenvalue weighted by Gasteiger charge is 2.39. The topological polar surface area (TPSA) is 79.6 Å². The van der Waals surface area contributed by atoms with Gasteiger partial charge in [-0.15, -0.1) is 0 Å². The summed E-state index contributed by atoms with van der Waals surface area (Å²) in [6.07, 6.45) is -1.09. The van der Waals surface area contributed by atoms with E-state index in [-0.39, 0.29) is 22.0 Å². The van der Waals surface area contributed by atoms with Crippen LogP contribution < -0.4 is 10.5 Å². The second-order valence-corrected chi connectivity index (χ2v) is 11.2. The first-order valence-corrected chi connectivity index (χ1v) is 13.2. The molecule has 0 amide bonds. The minimum Gasteiger partial charge on any atom is -0.348 e. The molecular formula is C26H26F4N4O3S. The maximum Gasteiger partial charge on any atom is 0.416 e. The van der Waals surface area contributed by atoms with Crippen LogP contribution in [0, 0.1) is 21.3 Å². The summed E-state index contributed by atoms with van der Waals surface area (Å²) >= 11 is 0.891. The van der Waals surface area contributed by atoms with Crippen molar-refractivity contribution in [3.05, 3.63) is 73.8 Å². The molecule has 0 N–H and O–H groups in total. The van der Waals surface area contributed by atoms with Gasteiger partial charge in [-0.2, -0.15) is 18.2 Å². The first kappa shape index (κ1) is 26.5. The van der Waals surface area contributed by atoms with Gasteiger partial charge in [-0.3, -0.25) is 19.8 Å². The van der Waals surface area contributed by atoms with Crippen molar-refractivity contribution in [2.45, 2.75) is 44.8 Å². The SMILES string of the molecule is CC(c1ccc(F)cc1)N1CCC2(CCN(c3nc(=O)c4cc(C(F)(F)F)cc([N+](=O)[O-])c4s3)CC2)CC1. The molecule has 0 aliphatic carbocycles. The largest absolute Gasteiger partial charge is 0.416 e. The summed E-state index contributed by atoms with van der Waals surface area (Å²) in [7, 11) is 0. The number of hydrogen-bond acceptors (Lipinski definition) is 7. The van der Waals surface area contributed by atoms with E-state index < -0.39 is 33.3 Å². The van der Waals surface area contributed by atoms with Crippen LogP contribution in [0.25, 0.3) is 10.1 Å². The Morgan fingerprint density at radius 2 is 1.66 bits per heavy atom. The fourth-order valence-electron chi connectivity index (χ4n) is 5.59. The number of aromatic nitrogens is 1. The lowest BCUT2D eigenvalue weighted by Gasteiger charge is -2.48. The predicted molar refractivity (Wildman–Crippen MR) is 137 cm³/mol. The molecule has 202 valence electrons.